The predicted octanol–water partition coefficient (Wildman–Crippen LogP) is 2.38. The molecule has 0 aliphatic rings. The van der Waals surface area contributed by atoms with Crippen LogP contribution in [0.2, 0.25) is 5.02 Å². The normalized spacial score (nSPS) is 12.2. The minimum atomic E-state index is -3.01. The molecule has 0 aliphatic heterocycles. The maximum atomic E-state index is 11.3. The highest BCUT2D eigenvalue weighted by molar-refractivity contribution is 7.89. The van der Waals surface area contributed by atoms with E-state index in [-0.39, 0.29) is 5.75 Å². The zero-order valence-electron chi connectivity index (χ0n) is 9.07. The summed E-state index contributed by atoms with van der Waals surface area (Å²) in [5, 5.41) is 1.66. The average Bonchev–Trinajstić information content (AvgIpc) is 2.42. The summed E-state index contributed by atoms with van der Waals surface area (Å²) in [6.07, 6.45) is 1.23. The highest BCUT2D eigenvalue weighted by Gasteiger charge is 2.11. The first kappa shape index (κ1) is 11.5. The van der Waals surface area contributed by atoms with Crippen LogP contribution in [-0.2, 0) is 22.6 Å². The quantitative estimate of drug-likeness (QED) is 0.829. The molecule has 1 aromatic carbocycles. The Morgan fingerprint density at radius 2 is 2.00 bits per heavy atom. The Labute approximate surface area is 99.6 Å². The van der Waals surface area contributed by atoms with Gasteiger partial charge in [0.25, 0.3) is 0 Å². The van der Waals surface area contributed by atoms with Gasteiger partial charge in [-0.05, 0) is 23.6 Å². The van der Waals surface area contributed by atoms with E-state index in [2.05, 4.69) is 0 Å². The van der Waals surface area contributed by atoms with Crippen molar-refractivity contribution >= 4 is 32.3 Å². The third kappa shape index (κ3) is 2.23. The van der Waals surface area contributed by atoms with Crippen LogP contribution in [0.1, 0.15) is 5.69 Å². The lowest BCUT2D eigenvalue weighted by Gasteiger charge is -2.02. The van der Waals surface area contributed by atoms with Gasteiger partial charge in [-0.15, -0.1) is 0 Å². The fraction of sp³-hybridized carbons (Fsp3) is 0.273. The summed E-state index contributed by atoms with van der Waals surface area (Å²) < 4.78 is 24.4. The van der Waals surface area contributed by atoms with Crippen molar-refractivity contribution in [3.05, 3.63) is 35.0 Å². The second kappa shape index (κ2) is 3.79. The maximum absolute atomic E-state index is 11.3. The molecule has 0 aliphatic carbocycles. The standard InChI is InChI=1S/C11H12ClNO2S/c1-13-10(7-16(2,14)15)5-8-3-4-9(12)6-11(8)13/h3-6H,7H2,1-2H3. The summed E-state index contributed by atoms with van der Waals surface area (Å²) in [6.45, 7) is 0. The molecular weight excluding hydrogens is 246 g/mol. The fourth-order valence-corrected chi connectivity index (χ4v) is 2.75. The van der Waals surface area contributed by atoms with Crippen molar-refractivity contribution < 1.29 is 8.42 Å². The third-order valence-electron chi connectivity index (χ3n) is 2.52. The van der Waals surface area contributed by atoms with Crippen molar-refractivity contribution in [1.29, 1.82) is 0 Å². The van der Waals surface area contributed by atoms with Crippen molar-refractivity contribution in [3.8, 4) is 0 Å². The molecule has 1 aromatic heterocycles. The second-order valence-electron chi connectivity index (χ2n) is 3.97. The molecule has 0 saturated heterocycles. The number of sulfone groups is 1. The molecule has 86 valence electrons. The van der Waals surface area contributed by atoms with Gasteiger partial charge < -0.3 is 4.57 Å². The largest absolute Gasteiger partial charge is 0.347 e. The van der Waals surface area contributed by atoms with E-state index in [4.69, 9.17) is 11.6 Å². The minimum absolute atomic E-state index is 0.0514. The maximum Gasteiger partial charge on any atom is 0.153 e. The number of rotatable bonds is 2. The number of hydrogen-bond acceptors (Lipinski definition) is 2. The van der Waals surface area contributed by atoms with Crippen LogP contribution in [0, 0.1) is 0 Å². The molecule has 0 radical (unpaired) electrons. The third-order valence-corrected chi connectivity index (χ3v) is 3.57. The smallest absolute Gasteiger partial charge is 0.153 e. The summed E-state index contributed by atoms with van der Waals surface area (Å²) in [5.74, 6) is 0.0514. The van der Waals surface area contributed by atoms with Gasteiger partial charge in [-0.3, -0.25) is 0 Å². The number of halogens is 1. The Balaban J connectivity index is 2.61. The van der Waals surface area contributed by atoms with Crippen molar-refractivity contribution in [2.45, 2.75) is 5.75 Å². The molecule has 0 spiro atoms. The molecule has 0 amide bonds. The van der Waals surface area contributed by atoms with Gasteiger partial charge in [0, 0.05) is 29.5 Å². The number of aryl methyl sites for hydroxylation is 1. The first-order chi connectivity index (χ1) is 7.37. The van der Waals surface area contributed by atoms with Crippen molar-refractivity contribution in [2.24, 2.45) is 7.05 Å². The van der Waals surface area contributed by atoms with Crippen LogP contribution in [0.3, 0.4) is 0 Å². The average molecular weight is 258 g/mol. The molecule has 0 saturated carbocycles. The van der Waals surface area contributed by atoms with Gasteiger partial charge in [0.2, 0.25) is 0 Å². The van der Waals surface area contributed by atoms with E-state index >= 15 is 0 Å². The van der Waals surface area contributed by atoms with Gasteiger partial charge in [0.1, 0.15) is 0 Å². The summed E-state index contributed by atoms with van der Waals surface area (Å²) in [6, 6.07) is 7.41. The second-order valence-corrected chi connectivity index (χ2v) is 6.54. The highest BCUT2D eigenvalue weighted by Crippen LogP contribution is 2.23. The van der Waals surface area contributed by atoms with E-state index < -0.39 is 9.84 Å². The highest BCUT2D eigenvalue weighted by atomic mass is 35.5. The Morgan fingerprint density at radius 1 is 1.31 bits per heavy atom. The fourth-order valence-electron chi connectivity index (χ4n) is 1.77. The van der Waals surface area contributed by atoms with Crippen LogP contribution in [0.25, 0.3) is 10.9 Å². The van der Waals surface area contributed by atoms with E-state index in [1.54, 1.807) is 6.07 Å². The molecule has 0 unspecified atom stereocenters. The monoisotopic (exact) mass is 257 g/mol. The van der Waals surface area contributed by atoms with Gasteiger partial charge in [-0.25, -0.2) is 8.42 Å². The predicted molar refractivity (Wildman–Crippen MR) is 66.5 cm³/mol. The molecule has 16 heavy (non-hydrogen) atoms. The van der Waals surface area contributed by atoms with Gasteiger partial charge >= 0.3 is 0 Å². The van der Waals surface area contributed by atoms with Crippen LogP contribution in [-0.4, -0.2) is 19.2 Å². The molecule has 3 nitrogen and oxygen atoms in total. The number of aromatic nitrogens is 1. The topological polar surface area (TPSA) is 39.1 Å². The van der Waals surface area contributed by atoms with E-state index in [0.717, 1.165) is 16.6 Å². The first-order valence-electron chi connectivity index (χ1n) is 4.78. The minimum Gasteiger partial charge on any atom is -0.347 e. The van der Waals surface area contributed by atoms with Crippen LogP contribution in [0.4, 0.5) is 0 Å². The van der Waals surface area contributed by atoms with Gasteiger partial charge in [-0.1, -0.05) is 17.7 Å². The molecule has 5 heteroatoms. The number of fused-ring (bicyclic) bond motifs is 1. The molecule has 2 rings (SSSR count). The van der Waals surface area contributed by atoms with E-state index in [0.29, 0.717) is 5.02 Å². The summed E-state index contributed by atoms with van der Waals surface area (Å²) in [7, 11) is -1.16. The summed E-state index contributed by atoms with van der Waals surface area (Å²) >= 11 is 5.90. The first-order valence-corrected chi connectivity index (χ1v) is 7.22. The van der Waals surface area contributed by atoms with E-state index in [9.17, 15) is 8.42 Å². The molecule has 1 heterocycles. The number of hydrogen-bond donors (Lipinski definition) is 0. The van der Waals surface area contributed by atoms with Crippen LogP contribution in [0.5, 0.6) is 0 Å². The lowest BCUT2D eigenvalue weighted by Crippen LogP contribution is -2.05. The van der Waals surface area contributed by atoms with Gasteiger partial charge in [-0.2, -0.15) is 0 Å². The molecule has 2 aromatic rings. The Hall–Kier alpha value is -1.00. The van der Waals surface area contributed by atoms with Gasteiger partial charge in [0.05, 0.1) is 5.75 Å². The van der Waals surface area contributed by atoms with Crippen molar-refractivity contribution in [2.75, 3.05) is 6.26 Å². The SMILES string of the molecule is Cn1c(CS(C)(=O)=O)cc2ccc(Cl)cc21. The van der Waals surface area contributed by atoms with Gasteiger partial charge in [0.15, 0.2) is 9.84 Å². The lowest BCUT2D eigenvalue weighted by atomic mass is 10.2. The molecular formula is C11H12ClNO2S. The van der Waals surface area contributed by atoms with E-state index in [1.165, 1.54) is 6.26 Å². The summed E-state index contributed by atoms with van der Waals surface area (Å²) in [4.78, 5) is 0. The van der Waals surface area contributed by atoms with Crippen LogP contribution in [0.15, 0.2) is 24.3 Å². The Morgan fingerprint density at radius 3 is 2.62 bits per heavy atom. The number of nitrogens with zero attached hydrogens (tertiary/aromatic N) is 1. The van der Waals surface area contributed by atoms with E-state index in [1.807, 2.05) is 29.8 Å². The van der Waals surface area contributed by atoms with Crippen LogP contribution >= 0.6 is 11.6 Å². The molecule has 0 atom stereocenters. The van der Waals surface area contributed by atoms with Crippen molar-refractivity contribution in [3.63, 3.8) is 0 Å². The molecule has 0 N–H and O–H groups in total. The zero-order valence-corrected chi connectivity index (χ0v) is 10.6. The van der Waals surface area contributed by atoms with Crippen LogP contribution < -0.4 is 0 Å². The Kier molecular flexibility index (Phi) is 2.72. The molecule has 0 fully saturated rings. The zero-order chi connectivity index (χ0) is 11.9. The lowest BCUT2D eigenvalue weighted by molar-refractivity contribution is 0.599. The van der Waals surface area contributed by atoms with Crippen molar-refractivity contribution in [1.82, 2.24) is 4.57 Å². The molecule has 0 bridgehead atoms. The Bertz CT molecular complexity index is 643. The summed E-state index contributed by atoms with van der Waals surface area (Å²) in [5.41, 5.74) is 1.73. The number of benzene rings is 1.